The highest BCUT2D eigenvalue weighted by atomic mass is 79.9. The van der Waals surface area contributed by atoms with E-state index in [4.69, 9.17) is 0 Å². The van der Waals surface area contributed by atoms with Crippen molar-refractivity contribution >= 4 is 32.5 Å². The monoisotopic (exact) mass is 304 g/mol. The van der Waals surface area contributed by atoms with Crippen LogP contribution in [0.15, 0.2) is 42.5 Å². The van der Waals surface area contributed by atoms with Gasteiger partial charge in [-0.05, 0) is 29.2 Å². The first-order chi connectivity index (χ1) is 8.81. The van der Waals surface area contributed by atoms with Crippen LogP contribution in [0.1, 0.15) is 24.8 Å². The molecule has 0 unspecified atom stereocenters. The van der Waals surface area contributed by atoms with Crippen LogP contribution in [0.3, 0.4) is 0 Å². The SMILES string of the molecule is O=C(CCCBr)CCc1cccc2ccccc12. The van der Waals surface area contributed by atoms with Crippen LogP contribution in [-0.2, 0) is 11.2 Å². The van der Waals surface area contributed by atoms with Crippen molar-refractivity contribution in [2.75, 3.05) is 5.33 Å². The van der Waals surface area contributed by atoms with Gasteiger partial charge in [0.2, 0.25) is 0 Å². The number of aryl methyl sites for hydroxylation is 1. The van der Waals surface area contributed by atoms with Crippen LogP contribution in [0.2, 0.25) is 0 Å². The van der Waals surface area contributed by atoms with Gasteiger partial charge in [-0.3, -0.25) is 4.79 Å². The zero-order valence-electron chi connectivity index (χ0n) is 10.4. The summed E-state index contributed by atoms with van der Waals surface area (Å²) in [5, 5.41) is 3.43. The molecule has 2 heteroatoms. The number of alkyl halides is 1. The lowest BCUT2D eigenvalue weighted by Crippen LogP contribution is -2.00. The molecule has 0 aliphatic carbocycles. The Labute approximate surface area is 116 Å². The van der Waals surface area contributed by atoms with E-state index >= 15 is 0 Å². The van der Waals surface area contributed by atoms with Gasteiger partial charge in [-0.1, -0.05) is 58.4 Å². The highest BCUT2D eigenvalue weighted by molar-refractivity contribution is 9.09. The summed E-state index contributed by atoms with van der Waals surface area (Å²) in [7, 11) is 0. The van der Waals surface area contributed by atoms with Crippen molar-refractivity contribution in [1.29, 1.82) is 0 Å². The Morgan fingerprint density at radius 2 is 1.78 bits per heavy atom. The van der Waals surface area contributed by atoms with Gasteiger partial charge in [-0.25, -0.2) is 0 Å². The molecule has 0 aromatic heterocycles. The maximum absolute atomic E-state index is 11.7. The van der Waals surface area contributed by atoms with Gasteiger partial charge < -0.3 is 0 Å². The van der Waals surface area contributed by atoms with Gasteiger partial charge in [0.1, 0.15) is 5.78 Å². The van der Waals surface area contributed by atoms with E-state index in [1.54, 1.807) is 0 Å². The van der Waals surface area contributed by atoms with Crippen LogP contribution in [0.25, 0.3) is 10.8 Å². The largest absolute Gasteiger partial charge is 0.300 e. The first-order valence-corrected chi connectivity index (χ1v) is 7.47. The Morgan fingerprint density at radius 3 is 2.61 bits per heavy atom. The Bertz CT molecular complexity index is 528. The van der Waals surface area contributed by atoms with Crippen LogP contribution in [0.5, 0.6) is 0 Å². The minimum atomic E-state index is 0.363. The second-order valence-electron chi connectivity index (χ2n) is 4.47. The number of hydrogen-bond donors (Lipinski definition) is 0. The van der Waals surface area contributed by atoms with E-state index in [-0.39, 0.29) is 0 Å². The molecule has 0 N–H and O–H groups in total. The van der Waals surface area contributed by atoms with Crippen molar-refractivity contribution in [3.63, 3.8) is 0 Å². The molecule has 0 saturated heterocycles. The summed E-state index contributed by atoms with van der Waals surface area (Å²) in [6.07, 6.45) is 3.13. The molecule has 0 fully saturated rings. The van der Waals surface area contributed by atoms with Crippen molar-refractivity contribution in [2.45, 2.75) is 25.7 Å². The Hall–Kier alpha value is -1.15. The normalized spacial score (nSPS) is 10.7. The lowest BCUT2D eigenvalue weighted by Gasteiger charge is -2.06. The minimum Gasteiger partial charge on any atom is -0.300 e. The van der Waals surface area contributed by atoms with E-state index in [1.807, 2.05) is 6.07 Å². The molecular formula is C16H17BrO. The molecule has 2 aromatic rings. The molecule has 0 radical (unpaired) electrons. The van der Waals surface area contributed by atoms with Gasteiger partial charge >= 0.3 is 0 Å². The number of benzene rings is 2. The summed E-state index contributed by atoms with van der Waals surface area (Å²) in [5.74, 6) is 0.363. The second kappa shape index (κ2) is 6.69. The fourth-order valence-corrected chi connectivity index (χ4v) is 2.45. The van der Waals surface area contributed by atoms with Gasteiger partial charge in [-0.2, -0.15) is 0 Å². The average molecular weight is 305 g/mol. The molecule has 0 saturated carbocycles. The third-order valence-corrected chi connectivity index (χ3v) is 3.70. The number of Topliss-reactive ketones (excluding diaryl/α,β-unsaturated/α-hetero) is 1. The molecule has 94 valence electrons. The summed E-state index contributed by atoms with van der Waals surface area (Å²) in [5.41, 5.74) is 1.28. The van der Waals surface area contributed by atoms with E-state index in [0.717, 1.165) is 18.2 Å². The van der Waals surface area contributed by atoms with Crippen LogP contribution in [-0.4, -0.2) is 11.1 Å². The van der Waals surface area contributed by atoms with Crippen molar-refractivity contribution in [2.24, 2.45) is 0 Å². The van der Waals surface area contributed by atoms with E-state index < -0.39 is 0 Å². The fraction of sp³-hybridized carbons (Fsp3) is 0.312. The highest BCUT2D eigenvalue weighted by Gasteiger charge is 2.04. The first-order valence-electron chi connectivity index (χ1n) is 6.35. The lowest BCUT2D eigenvalue weighted by molar-refractivity contribution is -0.119. The molecule has 18 heavy (non-hydrogen) atoms. The number of ketones is 1. The van der Waals surface area contributed by atoms with Crippen LogP contribution in [0, 0.1) is 0 Å². The Balaban J connectivity index is 2.05. The zero-order valence-corrected chi connectivity index (χ0v) is 11.9. The van der Waals surface area contributed by atoms with Crippen LogP contribution in [0.4, 0.5) is 0 Å². The fourth-order valence-electron chi connectivity index (χ4n) is 2.17. The molecule has 0 spiro atoms. The van der Waals surface area contributed by atoms with Gasteiger partial charge in [0, 0.05) is 18.2 Å². The van der Waals surface area contributed by atoms with E-state index in [0.29, 0.717) is 18.6 Å². The molecule has 2 aromatic carbocycles. The summed E-state index contributed by atoms with van der Waals surface area (Å²) in [6.45, 7) is 0. The van der Waals surface area contributed by atoms with Gasteiger partial charge in [-0.15, -0.1) is 0 Å². The van der Waals surface area contributed by atoms with Crippen molar-refractivity contribution in [3.05, 3.63) is 48.0 Å². The Morgan fingerprint density at radius 1 is 1.00 bits per heavy atom. The lowest BCUT2D eigenvalue weighted by atomic mass is 9.99. The molecular weight excluding hydrogens is 288 g/mol. The highest BCUT2D eigenvalue weighted by Crippen LogP contribution is 2.20. The predicted octanol–water partition coefficient (Wildman–Crippen LogP) is 4.52. The van der Waals surface area contributed by atoms with Gasteiger partial charge in [0.25, 0.3) is 0 Å². The number of halogens is 1. The van der Waals surface area contributed by atoms with Crippen LogP contribution < -0.4 is 0 Å². The summed E-state index contributed by atoms with van der Waals surface area (Å²) >= 11 is 3.35. The van der Waals surface area contributed by atoms with Gasteiger partial charge in [0.05, 0.1) is 0 Å². The van der Waals surface area contributed by atoms with E-state index in [1.165, 1.54) is 16.3 Å². The minimum absolute atomic E-state index is 0.363. The molecule has 0 bridgehead atoms. The molecule has 0 aliphatic rings. The molecule has 0 heterocycles. The second-order valence-corrected chi connectivity index (χ2v) is 5.26. The molecule has 2 rings (SSSR count). The molecule has 0 aliphatic heterocycles. The van der Waals surface area contributed by atoms with Crippen molar-refractivity contribution in [1.82, 2.24) is 0 Å². The standard InChI is InChI=1S/C16H17BrO/c17-12-4-8-15(18)11-10-14-7-3-6-13-5-1-2-9-16(13)14/h1-3,5-7,9H,4,8,10-12H2. The van der Waals surface area contributed by atoms with Crippen LogP contribution >= 0.6 is 15.9 Å². The number of rotatable bonds is 6. The van der Waals surface area contributed by atoms with Gasteiger partial charge in [0.15, 0.2) is 0 Å². The molecule has 1 nitrogen and oxygen atoms in total. The number of hydrogen-bond acceptors (Lipinski definition) is 1. The third-order valence-electron chi connectivity index (χ3n) is 3.14. The first kappa shape index (κ1) is 13.3. The number of fused-ring (bicyclic) bond motifs is 1. The number of carbonyl (C=O) groups excluding carboxylic acids is 1. The maximum Gasteiger partial charge on any atom is 0.133 e. The summed E-state index contributed by atoms with van der Waals surface area (Å²) in [6, 6.07) is 14.7. The molecule has 0 atom stereocenters. The zero-order chi connectivity index (χ0) is 12.8. The topological polar surface area (TPSA) is 17.1 Å². The number of carbonyl (C=O) groups is 1. The van der Waals surface area contributed by atoms with Crippen molar-refractivity contribution in [3.8, 4) is 0 Å². The van der Waals surface area contributed by atoms with E-state index in [9.17, 15) is 4.79 Å². The summed E-state index contributed by atoms with van der Waals surface area (Å²) < 4.78 is 0. The Kier molecular flexibility index (Phi) is 4.94. The summed E-state index contributed by atoms with van der Waals surface area (Å²) in [4.78, 5) is 11.7. The van der Waals surface area contributed by atoms with E-state index in [2.05, 4.69) is 52.3 Å². The third kappa shape index (κ3) is 3.42. The molecule has 0 amide bonds. The van der Waals surface area contributed by atoms with Crippen molar-refractivity contribution < 1.29 is 4.79 Å². The maximum atomic E-state index is 11.7. The average Bonchev–Trinajstić information content (AvgIpc) is 2.42. The quantitative estimate of drug-likeness (QED) is 0.717. The smallest absolute Gasteiger partial charge is 0.133 e. The predicted molar refractivity (Wildman–Crippen MR) is 80.3 cm³/mol.